The minimum absolute atomic E-state index is 0.110. The number of hydrogen-bond donors (Lipinski definition) is 0. The second-order valence-corrected chi connectivity index (χ2v) is 20.2. The van der Waals surface area contributed by atoms with Crippen molar-refractivity contribution in [3.05, 3.63) is 146 Å². The van der Waals surface area contributed by atoms with E-state index in [9.17, 15) is 14.4 Å². The summed E-state index contributed by atoms with van der Waals surface area (Å²) in [7, 11) is 0. The maximum absolute atomic E-state index is 12.9. The third-order valence-electron chi connectivity index (χ3n) is 12.8. The molecule has 6 nitrogen and oxygen atoms in total. The van der Waals surface area contributed by atoms with Gasteiger partial charge in [0, 0.05) is 19.3 Å². The first-order valence-electron chi connectivity index (χ1n) is 31.3. The minimum atomic E-state index is -0.817. The molecule has 0 N–H and O–H groups in total. The van der Waals surface area contributed by atoms with Crippen LogP contribution in [0.15, 0.2) is 146 Å². The molecule has 0 saturated carbocycles. The Morgan fingerprint density at radius 2 is 0.506 bits per heavy atom. The van der Waals surface area contributed by atoms with Gasteiger partial charge in [-0.05, 0) is 148 Å². The first kappa shape index (κ1) is 72.3. The highest BCUT2D eigenvalue weighted by atomic mass is 16.6. The fourth-order valence-electron chi connectivity index (χ4n) is 8.11. The van der Waals surface area contributed by atoms with E-state index in [-0.39, 0.29) is 31.1 Å². The van der Waals surface area contributed by atoms with Gasteiger partial charge < -0.3 is 14.2 Å². The molecule has 0 rings (SSSR count). The van der Waals surface area contributed by atoms with Gasteiger partial charge in [0.05, 0.1) is 0 Å². The van der Waals surface area contributed by atoms with Crippen molar-refractivity contribution in [1.29, 1.82) is 0 Å². The standard InChI is InChI=1S/C71H114O6/c1-4-7-10-13-16-19-22-25-28-31-32-33-34-35-36-37-38-39-40-41-44-46-49-52-55-58-61-64-70(73)76-67-68(77-71(74)65-62-59-56-53-50-47-43-30-27-24-21-18-15-12-9-6-3)66-75-69(72)63-60-57-54-51-48-45-42-29-26-23-20-17-14-11-8-5-2/h7,10,16,19-21,23-25,28-30,32-33,35-36,38-39,41-44,49,52,68H,4-6,8-9,11-15,17-18,22,26-27,31,34,37,40,45-48,50-51,53-67H2,1-3H3/b10-7-,19-16-,23-20-,24-21-,28-25-,33-32-,36-35-,39-38-,42-29-,43-30-,44-41-,52-49-. The summed E-state index contributed by atoms with van der Waals surface area (Å²) in [6.07, 6.45) is 91.3. The third-order valence-corrected chi connectivity index (χ3v) is 12.8. The van der Waals surface area contributed by atoms with Gasteiger partial charge in [0.25, 0.3) is 0 Å². The number of rotatable bonds is 55. The third kappa shape index (κ3) is 62.0. The van der Waals surface area contributed by atoms with Crippen LogP contribution in [0.4, 0.5) is 0 Å². The van der Waals surface area contributed by atoms with Gasteiger partial charge in [-0.15, -0.1) is 0 Å². The van der Waals surface area contributed by atoms with E-state index in [2.05, 4.69) is 167 Å². The number of allylic oxidation sites excluding steroid dienone is 24. The van der Waals surface area contributed by atoms with Crippen molar-refractivity contribution < 1.29 is 28.6 Å². The van der Waals surface area contributed by atoms with Crippen LogP contribution in [0.3, 0.4) is 0 Å². The van der Waals surface area contributed by atoms with E-state index in [0.717, 1.165) is 154 Å². The Morgan fingerprint density at radius 1 is 0.273 bits per heavy atom. The fraction of sp³-hybridized carbons (Fsp3) is 0.620. The zero-order chi connectivity index (χ0) is 55.7. The van der Waals surface area contributed by atoms with E-state index < -0.39 is 6.10 Å². The number of esters is 3. The fourth-order valence-corrected chi connectivity index (χ4v) is 8.11. The van der Waals surface area contributed by atoms with Crippen LogP contribution in [-0.4, -0.2) is 37.2 Å². The quantitative estimate of drug-likeness (QED) is 0.0261. The van der Waals surface area contributed by atoms with Crippen LogP contribution in [0.5, 0.6) is 0 Å². The predicted molar refractivity (Wildman–Crippen MR) is 334 cm³/mol. The van der Waals surface area contributed by atoms with Gasteiger partial charge in [0.2, 0.25) is 0 Å². The van der Waals surface area contributed by atoms with Crippen LogP contribution in [0, 0.1) is 0 Å². The van der Waals surface area contributed by atoms with Gasteiger partial charge in [-0.2, -0.15) is 0 Å². The Morgan fingerprint density at radius 3 is 0.818 bits per heavy atom. The van der Waals surface area contributed by atoms with Crippen LogP contribution in [0.1, 0.15) is 265 Å². The summed E-state index contributed by atoms with van der Waals surface area (Å²) < 4.78 is 16.8. The van der Waals surface area contributed by atoms with E-state index in [0.29, 0.717) is 25.7 Å². The van der Waals surface area contributed by atoms with Crippen molar-refractivity contribution in [3.63, 3.8) is 0 Å². The lowest BCUT2D eigenvalue weighted by molar-refractivity contribution is -0.167. The molecule has 0 bridgehead atoms. The van der Waals surface area contributed by atoms with E-state index in [1.807, 2.05) is 0 Å². The molecule has 0 amide bonds. The van der Waals surface area contributed by atoms with Crippen molar-refractivity contribution in [2.75, 3.05) is 13.2 Å². The highest BCUT2D eigenvalue weighted by Crippen LogP contribution is 2.13. The van der Waals surface area contributed by atoms with Crippen molar-refractivity contribution >= 4 is 17.9 Å². The zero-order valence-electron chi connectivity index (χ0n) is 49.7. The average Bonchev–Trinajstić information content (AvgIpc) is 3.43. The molecule has 434 valence electrons. The summed E-state index contributed by atoms with van der Waals surface area (Å²) >= 11 is 0. The highest BCUT2D eigenvalue weighted by Gasteiger charge is 2.19. The maximum Gasteiger partial charge on any atom is 0.306 e. The molecular formula is C71H114O6. The lowest BCUT2D eigenvalue weighted by Gasteiger charge is -2.18. The van der Waals surface area contributed by atoms with Crippen molar-refractivity contribution in [1.82, 2.24) is 0 Å². The van der Waals surface area contributed by atoms with Gasteiger partial charge >= 0.3 is 17.9 Å². The molecule has 0 fully saturated rings. The molecule has 0 aliphatic rings. The van der Waals surface area contributed by atoms with E-state index in [4.69, 9.17) is 14.2 Å². The number of carbonyl (C=O) groups is 3. The topological polar surface area (TPSA) is 78.9 Å². The summed E-state index contributed by atoms with van der Waals surface area (Å²) in [5.74, 6) is -0.984. The van der Waals surface area contributed by atoms with Crippen LogP contribution < -0.4 is 0 Å². The number of unbranched alkanes of at least 4 members (excludes halogenated alkanes) is 20. The first-order valence-corrected chi connectivity index (χ1v) is 31.3. The first-order chi connectivity index (χ1) is 38.0. The molecular weight excluding hydrogens is 949 g/mol. The van der Waals surface area contributed by atoms with Crippen molar-refractivity contribution in [3.8, 4) is 0 Å². The normalized spacial score (nSPS) is 13.1. The van der Waals surface area contributed by atoms with Crippen molar-refractivity contribution in [2.24, 2.45) is 0 Å². The molecule has 77 heavy (non-hydrogen) atoms. The molecule has 0 aliphatic heterocycles. The lowest BCUT2D eigenvalue weighted by atomic mass is 10.1. The molecule has 0 saturated heterocycles. The maximum atomic E-state index is 12.9. The Bertz CT molecular complexity index is 1700. The summed E-state index contributed by atoms with van der Waals surface area (Å²) in [6, 6.07) is 0. The van der Waals surface area contributed by atoms with Gasteiger partial charge in [0.15, 0.2) is 6.10 Å². The van der Waals surface area contributed by atoms with E-state index >= 15 is 0 Å². The SMILES string of the molecule is CC/C=C\C/C=C\C/C=C\C/C=C\C/C=C\C/C=C\C/C=C\C/C=C\CCCCC(=O)OCC(COC(=O)CCCCCCC/C=C\C/C=C\CCCCCC)OC(=O)CCCCCCC/C=C\C/C=C\CCCCCC. The molecule has 1 unspecified atom stereocenters. The largest absolute Gasteiger partial charge is 0.462 e. The van der Waals surface area contributed by atoms with Crippen LogP contribution in [0.2, 0.25) is 0 Å². The predicted octanol–water partition coefficient (Wildman–Crippen LogP) is 21.5. The van der Waals surface area contributed by atoms with E-state index in [1.54, 1.807) is 0 Å². The smallest absolute Gasteiger partial charge is 0.306 e. The number of hydrogen-bond acceptors (Lipinski definition) is 6. The molecule has 6 heteroatoms. The number of ether oxygens (including phenoxy) is 3. The molecule has 0 aliphatic carbocycles. The summed E-state index contributed by atoms with van der Waals surface area (Å²) in [4.78, 5) is 38.3. The van der Waals surface area contributed by atoms with Crippen LogP contribution in [-0.2, 0) is 28.6 Å². The molecule has 0 aromatic rings. The molecule has 0 radical (unpaired) electrons. The van der Waals surface area contributed by atoms with Crippen LogP contribution in [0.25, 0.3) is 0 Å². The minimum Gasteiger partial charge on any atom is -0.462 e. The summed E-state index contributed by atoms with van der Waals surface area (Å²) in [5, 5.41) is 0. The Labute approximate surface area is 474 Å². The van der Waals surface area contributed by atoms with Gasteiger partial charge in [0.1, 0.15) is 13.2 Å². The lowest BCUT2D eigenvalue weighted by Crippen LogP contribution is -2.30. The zero-order valence-corrected chi connectivity index (χ0v) is 49.7. The van der Waals surface area contributed by atoms with Gasteiger partial charge in [-0.1, -0.05) is 244 Å². The molecule has 0 spiro atoms. The highest BCUT2D eigenvalue weighted by molar-refractivity contribution is 5.71. The van der Waals surface area contributed by atoms with Crippen LogP contribution >= 0.6 is 0 Å². The van der Waals surface area contributed by atoms with Crippen molar-refractivity contribution in [2.45, 2.75) is 271 Å². The second-order valence-electron chi connectivity index (χ2n) is 20.2. The molecule has 0 aromatic carbocycles. The van der Waals surface area contributed by atoms with Gasteiger partial charge in [-0.25, -0.2) is 0 Å². The monoisotopic (exact) mass is 1060 g/mol. The van der Waals surface area contributed by atoms with Gasteiger partial charge in [-0.3, -0.25) is 14.4 Å². The molecule has 0 heterocycles. The average molecular weight is 1060 g/mol. The number of carbonyl (C=O) groups excluding carboxylic acids is 3. The Hall–Kier alpha value is -4.71. The molecule has 0 aromatic heterocycles. The summed E-state index contributed by atoms with van der Waals surface area (Å²) in [5.41, 5.74) is 0. The second kappa shape index (κ2) is 63.8. The summed E-state index contributed by atoms with van der Waals surface area (Å²) in [6.45, 7) is 6.43. The van der Waals surface area contributed by atoms with E-state index in [1.165, 1.54) is 64.2 Å². The molecule has 1 atom stereocenters. The Balaban J connectivity index is 4.50. The Kier molecular flexibility index (Phi) is 59.9.